The normalized spacial score (nSPS) is 11.6. The van der Waals surface area contributed by atoms with Crippen LogP contribution in [0.2, 0.25) is 0 Å². The SMILES string of the molecule is N#Cc1cc2c(cc1C#N)c1ccc3ccccc3c1c1cc3sc4ccccc4c3cc21. The van der Waals surface area contributed by atoms with E-state index in [9.17, 15) is 10.5 Å². The highest BCUT2D eigenvalue weighted by molar-refractivity contribution is 7.25. The summed E-state index contributed by atoms with van der Waals surface area (Å²) >= 11 is 1.81. The second-order valence-corrected chi connectivity index (χ2v) is 9.45. The van der Waals surface area contributed by atoms with Crippen molar-refractivity contribution < 1.29 is 0 Å². The lowest BCUT2D eigenvalue weighted by Gasteiger charge is -2.14. The largest absolute Gasteiger partial charge is 0.192 e. The van der Waals surface area contributed by atoms with Crippen LogP contribution in [0.25, 0.3) is 63.3 Å². The van der Waals surface area contributed by atoms with Crippen molar-refractivity contribution >= 4 is 74.6 Å². The van der Waals surface area contributed by atoms with E-state index in [0.717, 1.165) is 21.5 Å². The van der Waals surface area contributed by atoms with Gasteiger partial charge in [-0.25, -0.2) is 0 Å². The number of hydrogen-bond acceptors (Lipinski definition) is 3. The van der Waals surface area contributed by atoms with E-state index in [2.05, 4.69) is 84.9 Å². The molecule has 7 rings (SSSR count). The predicted molar refractivity (Wildman–Crippen MR) is 139 cm³/mol. The topological polar surface area (TPSA) is 47.6 Å². The van der Waals surface area contributed by atoms with Crippen molar-refractivity contribution in [3.63, 3.8) is 0 Å². The third kappa shape index (κ3) is 2.40. The molecule has 0 atom stereocenters. The van der Waals surface area contributed by atoms with Crippen LogP contribution in [0.15, 0.2) is 84.9 Å². The number of benzene rings is 6. The minimum Gasteiger partial charge on any atom is -0.192 e. The van der Waals surface area contributed by atoms with Gasteiger partial charge in [-0.1, -0.05) is 54.6 Å². The van der Waals surface area contributed by atoms with E-state index in [-0.39, 0.29) is 0 Å². The number of nitriles is 2. The number of rotatable bonds is 0. The molecule has 0 aliphatic rings. The van der Waals surface area contributed by atoms with Crippen LogP contribution < -0.4 is 0 Å². The lowest BCUT2D eigenvalue weighted by Crippen LogP contribution is -1.90. The fraction of sp³-hybridized carbons (Fsp3) is 0. The van der Waals surface area contributed by atoms with E-state index in [1.807, 2.05) is 23.5 Å². The Morgan fingerprint density at radius 3 is 1.94 bits per heavy atom. The summed E-state index contributed by atoms with van der Waals surface area (Å²) in [5.74, 6) is 0. The third-order valence-electron chi connectivity index (χ3n) is 6.69. The van der Waals surface area contributed by atoms with Crippen LogP contribution in [0.4, 0.5) is 0 Å². The van der Waals surface area contributed by atoms with Gasteiger partial charge in [-0.2, -0.15) is 10.5 Å². The second-order valence-electron chi connectivity index (χ2n) is 8.37. The maximum Gasteiger partial charge on any atom is 0.101 e. The molecule has 1 aromatic heterocycles. The van der Waals surface area contributed by atoms with E-state index in [4.69, 9.17) is 0 Å². The van der Waals surface area contributed by atoms with Crippen LogP contribution in [-0.4, -0.2) is 0 Å². The van der Waals surface area contributed by atoms with Gasteiger partial charge >= 0.3 is 0 Å². The van der Waals surface area contributed by atoms with Crippen molar-refractivity contribution in [2.45, 2.75) is 0 Å². The van der Waals surface area contributed by atoms with Crippen LogP contribution in [0.5, 0.6) is 0 Å². The summed E-state index contributed by atoms with van der Waals surface area (Å²) in [6.07, 6.45) is 0. The van der Waals surface area contributed by atoms with E-state index in [0.29, 0.717) is 11.1 Å². The van der Waals surface area contributed by atoms with Crippen molar-refractivity contribution in [3.8, 4) is 12.1 Å². The maximum absolute atomic E-state index is 9.72. The summed E-state index contributed by atoms with van der Waals surface area (Å²) in [7, 11) is 0. The van der Waals surface area contributed by atoms with Crippen LogP contribution in [0.3, 0.4) is 0 Å². The first-order chi connectivity index (χ1) is 16.3. The monoisotopic (exact) mass is 434 g/mol. The minimum atomic E-state index is 0.417. The van der Waals surface area contributed by atoms with Gasteiger partial charge in [0.25, 0.3) is 0 Å². The van der Waals surface area contributed by atoms with Gasteiger partial charge in [0.15, 0.2) is 0 Å². The fourth-order valence-corrected chi connectivity index (χ4v) is 6.34. The molecular formula is C30H14N2S. The van der Waals surface area contributed by atoms with Gasteiger partial charge in [-0.15, -0.1) is 11.3 Å². The van der Waals surface area contributed by atoms with Gasteiger partial charge in [-0.05, 0) is 73.4 Å². The van der Waals surface area contributed by atoms with Gasteiger partial charge in [-0.3, -0.25) is 0 Å². The molecule has 1 heterocycles. The average Bonchev–Trinajstić information content (AvgIpc) is 3.24. The lowest BCUT2D eigenvalue weighted by molar-refractivity contribution is 1.45. The van der Waals surface area contributed by atoms with Gasteiger partial charge < -0.3 is 0 Å². The molecule has 0 fully saturated rings. The molecule has 0 unspecified atom stereocenters. The van der Waals surface area contributed by atoms with E-state index >= 15 is 0 Å². The summed E-state index contributed by atoms with van der Waals surface area (Å²) in [4.78, 5) is 0. The molecule has 0 amide bonds. The molecule has 7 aromatic rings. The van der Waals surface area contributed by atoms with Crippen molar-refractivity contribution in [2.75, 3.05) is 0 Å². The molecule has 0 radical (unpaired) electrons. The van der Waals surface area contributed by atoms with Crippen LogP contribution in [0.1, 0.15) is 11.1 Å². The van der Waals surface area contributed by atoms with E-state index in [1.165, 1.54) is 41.7 Å². The number of hydrogen-bond donors (Lipinski definition) is 0. The van der Waals surface area contributed by atoms with Gasteiger partial charge in [0, 0.05) is 20.2 Å². The molecule has 0 saturated carbocycles. The first-order valence-corrected chi connectivity index (χ1v) is 11.5. The molecule has 0 spiro atoms. The second kappa shape index (κ2) is 6.53. The van der Waals surface area contributed by atoms with Gasteiger partial charge in [0.05, 0.1) is 11.1 Å². The predicted octanol–water partition coefficient (Wildman–Crippen LogP) is 8.41. The molecule has 0 saturated heterocycles. The van der Waals surface area contributed by atoms with Crippen molar-refractivity contribution in [1.29, 1.82) is 10.5 Å². The molecule has 3 heteroatoms. The Balaban J connectivity index is 1.84. The molecule has 6 aromatic carbocycles. The Hall–Kier alpha value is -4.44. The van der Waals surface area contributed by atoms with Gasteiger partial charge in [0.2, 0.25) is 0 Å². The Kier molecular flexibility index (Phi) is 3.59. The molecule has 0 N–H and O–H groups in total. The zero-order chi connectivity index (χ0) is 22.1. The number of thiophene rings is 1. The average molecular weight is 435 g/mol. The van der Waals surface area contributed by atoms with Crippen molar-refractivity contribution in [2.24, 2.45) is 0 Å². The molecule has 0 aliphatic heterocycles. The quantitative estimate of drug-likeness (QED) is 0.225. The van der Waals surface area contributed by atoms with Crippen molar-refractivity contribution in [1.82, 2.24) is 0 Å². The summed E-state index contributed by atoms with van der Waals surface area (Å²) in [5.41, 5.74) is 0.836. The standard InChI is InChI=1S/C30H14N2S/c31-15-18-11-23-22-10-9-17-5-1-2-6-20(17)30(22)27-14-29-26(21-7-3-4-8-28(21)33-29)13-25(27)24(23)12-19(18)16-32/h1-14H. The Bertz CT molecular complexity index is 2050. The highest BCUT2D eigenvalue weighted by Crippen LogP contribution is 2.44. The van der Waals surface area contributed by atoms with Crippen LogP contribution in [-0.2, 0) is 0 Å². The zero-order valence-corrected chi connectivity index (χ0v) is 18.2. The summed E-state index contributed by atoms with van der Waals surface area (Å²) in [6, 6.07) is 34.1. The van der Waals surface area contributed by atoms with E-state index in [1.54, 1.807) is 0 Å². The molecule has 150 valence electrons. The van der Waals surface area contributed by atoms with Crippen molar-refractivity contribution in [3.05, 3.63) is 96.1 Å². The van der Waals surface area contributed by atoms with Gasteiger partial charge in [0.1, 0.15) is 12.1 Å². The fourth-order valence-electron chi connectivity index (χ4n) is 5.22. The molecule has 0 bridgehead atoms. The Morgan fingerprint density at radius 1 is 0.485 bits per heavy atom. The molecule has 0 aliphatic carbocycles. The maximum atomic E-state index is 9.72. The molecular weight excluding hydrogens is 420 g/mol. The number of nitrogens with zero attached hydrogens (tertiary/aromatic N) is 2. The van der Waals surface area contributed by atoms with E-state index < -0.39 is 0 Å². The Morgan fingerprint density at radius 2 is 1.15 bits per heavy atom. The number of fused-ring (bicyclic) bond motifs is 11. The summed E-state index contributed by atoms with van der Waals surface area (Å²) in [6.45, 7) is 0. The van der Waals surface area contributed by atoms with Crippen LogP contribution >= 0.6 is 11.3 Å². The highest BCUT2D eigenvalue weighted by atomic mass is 32.1. The highest BCUT2D eigenvalue weighted by Gasteiger charge is 2.16. The molecule has 33 heavy (non-hydrogen) atoms. The molecule has 2 nitrogen and oxygen atoms in total. The first kappa shape index (κ1) is 18.2. The zero-order valence-electron chi connectivity index (χ0n) is 17.4. The smallest absolute Gasteiger partial charge is 0.101 e. The summed E-state index contributed by atoms with van der Waals surface area (Å²) in [5, 5.41) is 30.9. The lowest BCUT2D eigenvalue weighted by atomic mass is 9.88. The first-order valence-electron chi connectivity index (χ1n) is 10.7. The summed E-state index contributed by atoms with van der Waals surface area (Å²) < 4.78 is 2.53. The van der Waals surface area contributed by atoms with Crippen LogP contribution in [0, 0.1) is 22.7 Å². The Labute approximate surface area is 193 Å². The minimum absolute atomic E-state index is 0.417. The third-order valence-corrected chi connectivity index (χ3v) is 7.83.